The lowest BCUT2D eigenvalue weighted by Crippen LogP contribution is -2.35. The van der Waals surface area contributed by atoms with Crippen LogP contribution in [0.15, 0.2) is 18.3 Å². The Morgan fingerprint density at radius 1 is 1.33 bits per heavy atom. The van der Waals surface area contributed by atoms with Crippen LogP contribution < -0.4 is 9.47 Å². The second kappa shape index (κ2) is 5.95. The maximum Gasteiger partial charge on any atom is 0.388 e. The zero-order valence-electron chi connectivity index (χ0n) is 10.2. The van der Waals surface area contributed by atoms with E-state index >= 15 is 0 Å². The van der Waals surface area contributed by atoms with Gasteiger partial charge in [0.1, 0.15) is 11.9 Å². The van der Waals surface area contributed by atoms with Crippen molar-refractivity contribution in [2.75, 3.05) is 20.1 Å². The summed E-state index contributed by atoms with van der Waals surface area (Å²) in [7, 11) is 2.08. The Morgan fingerprint density at radius 2 is 2.06 bits per heavy atom. The molecule has 4 nitrogen and oxygen atoms in total. The summed E-state index contributed by atoms with van der Waals surface area (Å²) in [5, 5.41) is 0. The molecule has 100 valence electrons. The number of ether oxygens (including phenoxy) is 2. The standard InChI is InChI=1S/C12H16F2N2O2/c1-16-6-4-9(5-7-16)17-10-2-3-11(15-8-10)18-12(13)14/h2-3,8-9,12H,4-7H2,1H3. The summed E-state index contributed by atoms with van der Waals surface area (Å²) in [6, 6.07) is 2.99. The van der Waals surface area contributed by atoms with Gasteiger partial charge in [0.25, 0.3) is 0 Å². The summed E-state index contributed by atoms with van der Waals surface area (Å²) in [6.45, 7) is -0.840. The predicted octanol–water partition coefficient (Wildman–Crippen LogP) is 2.16. The average molecular weight is 258 g/mol. The van der Waals surface area contributed by atoms with E-state index in [-0.39, 0.29) is 12.0 Å². The van der Waals surface area contributed by atoms with Crippen molar-refractivity contribution in [3.63, 3.8) is 0 Å². The van der Waals surface area contributed by atoms with Gasteiger partial charge in [0.05, 0.1) is 6.20 Å². The van der Waals surface area contributed by atoms with Gasteiger partial charge in [0, 0.05) is 19.2 Å². The first-order chi connectivity index (χ1) is 8.63. The molecule has 0 bridgehead atoms. The molecule has 0 radical (unpaired) electrons. The van der Waals surface area contributed by atoms with Crippen LogP contribution in [0.1, 0.15) is 12.8 Å². The van der Waals surface area contributed by atoms with Crippen LogP contribution in [0.3, 0.4) is 0 Å². The zero-order chi connectivity index (χ0) is 13.0. The fourth-order valence-corrected chi connectivity index (χ4v) is 1.89. The fraction of sp³-hybridized carbons (Fsp3) is 0.583. The van der Waals surface area contributed by atoms with Crippen LogP contribution in [0.25, 0.3) is 0 Å². The van der Waals surface area contributed by atoms with Crippen molar-refractivity contribution in [2.24, 2.45) is 0 Å². The summed E-state index contributed by atoms with van der Waals surface area (Å²) in [4.78, 5) is 6.01. The molecule has 1 aromatic rings. The van der Waals surface area contributed by atoms with Crippen molar-refractivity contribution in [3.05, 3.63) is 18.3 Å². The third-order valence-electron chi connectivity index (χ3n) is 2.89. The maximum atomic E-state index is 11.9. The van der Waals surface area contributed by atoms with Gasteiger partial charge in [-0.15, -0.1) is 0 Å². The van der Waals surface area contributed by atoms with Crippen LogP contribution in [-0.4, -0.2) is 42.7 Å². The van der Waals surface area contributed by atoms with E-state index in [0.29, 0.717) is 5.75 Å². The van der Waals surface area contributed by atoms with E-state index in [4.69, 9.17) is 4.74 Å². The average Bonchev–Trinajstić information content (AvgIpc) is 2.34. The summed E-state index contributed by atoms with van der Waals surface area (Å²) in [6.07, 6.45) is 3.51. The molecule has 0 unspecified atom stereocenters. The molecule has 0 atom stereocenters. The van der Waals surface area contributed by atoms with Gasteiger partial charge in [0.2, 0.25) is 5.88 Å². The molecule has 0 saturated carbocycles. The van der Waals surface area contributed by atoms with E-state index in [2.05, 4.69) is 21.7 Å². The van der Waals surface area contributed by atoms with Gasteiger partial charge in [-0.25, -0.2) is 4.98 Å². The molecule has 2 heterocycles. The molecule has 1 aromatic heterocycles. The van der Waals surface area contributed by atoms with E-state index < -0.39 is 6.61 Å². The van der Waals surface area contributed by atoms with E-state index in [0.717, 1.165) is 25.9 Å². The number of rotatable bonds is 4. The number of halogens is 2. The molecule has 18 heavy (non-hydrogen) atoms. The molecule has 0 spiro atoms. The molecule has 1 saturated heterocycles. The molecule has 1 aliphatic rings. The molecular weight excluding hydrogens is 242 g/mol. The van der Waals surface area contributed by atoms with E-state index in [1.165, 1.54) is 12.3 Å². The fourth-order valence-electron chi connectivity index (χ4n) is 1.89. The minimum atomic E-state index is -2.85. The van der Waals surface area contributed by atoms with E-state index in [9.17, 15) is 8.78 Å². The van der Waals surface area contributed by atoms with Crippen LogP contribution in [0.4, 0.5) is 8.78 Å². The van der Waals surface area contributed by atoms with Gasteiger partial charge in [-0.2, -0.15) is 8.78 Å². The molecule has 6 heteroatoms. The Labute approximate surface area is 105 Å². The van der Waals surface area contributed by atoms with Crippen molar-refractivity contribution in [2.45, 2.75) is 25.6 Å². The minimum absolute atomic E-state index is 0.0965. The topological polar surface area (TPSA) is 34.6 Å². The Bertz CT molecular complexity index is 365. The van der Waals surface area contributed by atoms with Crippen molar-refractivity contribution in [1.82, 2.24) is 9.88 Å². The highest BCUT2D eigenvalue weighted by Gasteiger charge is 2.18. The second-order valence-electron chi connectivity index (χ2n) is 4.33. The van der Waals surface area contributed by atoms with E-state index in [1.54, 1.807) is 6.07 Å². The monoisotopic (exact) mass is 258 g/mol. The van der Waals surface area contributed by atoms with Gasteiger partial charge in [0.15, 0.2) is 0 Å². The summed E-state index contributed by atoms with van der Waals surface area (Å²) >= 11 is 0. The highest BCUT2D eigenvalue weighted by Crippen LogP contribution is 2.20. The normalized spacial score (nSPS) is 18.0. The molecular formula is C12H16F2N2O2. The van der Waals surface area contributed by atoms with Gasteiger partial charge < -0.3 is 14.4 Å². The number of piperidine rings is 1. The molecule has 0 aliphatic carbocycles. The number of nitrogens with zero attached hydrogens (tertiary/aromatic N) is 2. The van der Waals surface area contributed by atoms with Crippen molar-refractivity contribution < 1.29 is 18.3 Å². The zero-order valence-corrected chi connectivity index (χ0v) is 10.2. The molecule has 0 aromatic carbocycles. The first-order valence-electron chi connectivity index (χ1n) is 5.89. The first-order valence-corrected chi connectivity index (χ1v) is 5.89. The Morgan fingerprint density at radius 3 is 2.61 bits per heavy atom. The van der Waals surface area contributed by atoms with Crippen LogP contribution in [0.5, 0.6) is 11.6 Å². The summed E-state index contributed by atoms with van der Waals surface area (Å²) in [5.41, 5.74) is 0. The first kappa shape index (κ1) is 13.0. The molecule has 1 aliphatic heterocycles. The SMILES string of the molecule is CN1CCC(Oc2ccc(OC(F)F)nc2)CC1. The van der Waals surface area contributed by atoms with Crippen LogP contribution in [-0.2, 0) is 0 Å². The predicted molar refractivity (Wildman–Crippen MR) is 62.0 cm³/mol. The Balaban J connectivity index is 1.86. The third-order valence-corrected chi connectivity index (χ3v) is 2.89. The quantitative estimate of drug-likeness (QED) is 0.829. The van der Waals surface area contributed by atoms with E-state index in [1.807, 2.05) is 0 Å². The van der Waals surface area contributed by atoms with Crippen molar-refractivity contribution in [3.8, 4) is 11.6 Å². The third kappa shape index (κ3) is 3.80. The van der Waals surface area contributed by atoms with Gasteiger partial charge in [-0.05, 0) is 26.0 Å². The van der Waals surface area contributed by atoms with Crippen LogP contribution in [0.2, 0.25) is 0 Å². The maximum absolute atomic E-state index is 11.9. The summed E-state index contributed by atoms with van der Waals surface area (Å²) in [5.74, 6) is 0.492. The second-order valence-corrected chi connectivity index (χ2v) is 4.33. The highest BCUT2D eigenvalue weighted by atomic mass is 19.3. The highest BCUT2D eigenvalue weighted by molar-refractivity contribution is 5.23. The molecule has 0 amide bonds. The van der Waals surface area contributed by atoms with Crippen LogP contribution >= 0.6 is 0 Å². The minimum Gasteiger partial charge on any atom is -0.489 e. The Kier molecular flexibility index (Phi) is 4.30. The number of aromatic nitrogens is 1. The number of pyridine rings is 1. The number of hydrogen-bond acceptors (Lipinski definition) is 4. The largest absolute Gasteiger partial charge is 0.489 e. The Hall–Kier alpha value is -1.43. The van der Waals surface area contributed by atoms with Gasteiger partial charge >= 0.3 is 6.61 Å². The molecule has 2 rings (SSSR count). The van der Waals surface area contributed by atoms with Gasteiger partial charge in [-0.1, -0.05) is 0 Å². The lowest BCUT2D eigenvalue weighted by molar-refractivity contribution is -0.0529. The van der Waals surface area contributed by atoms with Crippen molar-refractivity contribution in [1.29, 1.82) is 0 Å². The smallest absolute Gasteiger partial charge is 0.388 e. The van der Waals surface area contributed by atoms with Gasteiger partial charge in [-0.3, -0.25) is 0 Å². The molecule has 1 fully saturated rings. The number of hydrogen-bond donors (Lipinski definition) is 0. The number of likely N-dealkylation sites (tertiary alicyclic amines) is 1. The lowest BCUT2D eigenvalue weighted by Gasteiger charge is -2.29. The molecule has 0 N–H and O–H groups in total. The van der Waals surface area contributed by atoms with Crippen LogP contribution in [0, 0.1) is 0 Å². The van der Waals surface area contributed by atoms with Crippen molar-refractivity contribution >= 4 is 0 Å². The summed E-state index contributed by atoms with van der Waals surface area (Å²) < 4.78 is 33.8. The lowest BCUT2D eigenvalue weighted by atomic mass is 10.1. The number of alkyl halides is 2.